The van der Waals surface area contributed by atoms with Crippen LogP contribution in [0.4, 0.5) is 5.69 Å². The lowest BCUT2D eigenvalue weighted by Crippen LogP contribution is -2.14. The topological polar surface area (TPSA) is 90.9 Å². The van der Waals surface area contributed by atoms with E-state index in [4.69, 9.17) is 15.2 Å². The molecule has 0 bridgehead atoms. The summed E-state index contributed by atoms with van der Waals surface area (Å²) in [7, 11) is 0. The fraction of sp³-hybridized carbons (Fsp3) is 0.0909. The highest BCUT2D eigenvalue weighted by atomic mass is 79.9. The van der Waals surface area contributed by atoms with Crippen LogP contribution < -0.4 is 20.5 Å². The summed E-state index contributed by atoms with van der Waals surface area (Å²) in [5, 5.41) is 8.07. The summed E-state index contributed by atoms with van der Waals surface area (Å²) in [5.41, 5.74) is 11.5. The maximum atomic E-state index is 12.3. The van der Waals surface area contributed by atoms with E-state index in [-0.39, 0.29) is 12.8 Å². The fourth-order valence-electron chi connectivity index (χ4n) is 4.26. The molecule has 0 fully saturated rings. The summed E-state index contributed by atoms with van der Waals surface area (Å²) in [6.45, 7) is 0.206. The van der Waals surface area contributed by atoms with Gasteiger partial charge in [0.2, 0.25) is 6.79 Å². The molecule has 2 aromatic heterocycles. The van der Waals surface area contributed by atoms with E-state index in [1.54, 1.807) is 4.52 Å². The van der Waals surface area contributed by atoms with Gasteiger partial charge in [0.15, 0.2) is 11.5 Å². The van der Waals surface area contributed by atoms with E-state index < -0.39 is 5.91 Å². The fourth-order valence-corrected chi connectivity index (χ4v) is 4.81. The first-order chi connectivity index (χ1) is 14.6. The van der Waals surface area contributed by atoms with Gasteiger partial charge in [-0.15, -0.1) is 0 Å². The zero-order valence-electron chi connectivity index (χ0n) is 15.6. The van der Waals surface area contributed by atoms with Crippen molar-refractivity contribution in [2.24, 2.45) is 5.73 Å². The summed E-state index contributed by atoms with van der Waals surface area (Å²) in [6.07, 6.45) is 3.42. The van der Waals surface area contributed by atoms with Crippen molar-refractivity contribution in [3.05, 3.63) is 76.0 Å². The van der Waals surface area contributed by atoms with Crippen LogP contribution >= 0.6 is 15.9 Å². The molecule has 0 saturated heterocycles. The maximum Gasteiger partial charge on any atom is 0.251 e. The maximum absolute atomic E-state index is 12.3. The van der Waals surface area contributed by atoms with E-state index in [0.717, 1.165) is 37.9 Å². The Balaban J connectivity index is 1.69. The predicted molar refractivity (Wildman–Crippen MR) is 115 cm³/mol. The summed E-state index contributed by atoms with van der Waals surface area (Å²) in [5.74, 6) is 0.900. The van der Waals surface area contributed by atoms with E-state index in [9.17, 15) is 4.79 Å². The molecule has 0 saturated carbocycles. The second-order valence-corrected chi connectivity index (χ2v) is 8.07. The number of nitrogens with one attached hydrogen (secondary N) is 1. The van der Waals surface area contributed by atoms with Gasteiger partial charge >= 0.3 is 0 Å². The SMILES string of the molecule is NC(=O)c1cnn2ccc3c2c1-c1ccccc1NC3c1cc2c(cc1Br)OCO2. The molecule has 4 aromatic rings. The van der Waals surface area contributed by atoms with E-state index in [0.29, 0.717) is 17.1 Å². The van der Waals surface area contributed by atoms with Crippen LogP contribution in [0.15, 0.2) is 59.3 Å². The third-order valence-corrected chi connectivity index (χ3v) is 6.28. The Labute approximate surface area is 179 Å². The van der Waals surface area contributed by atoms with Crippen molar-refractivity contribution in [2.75, 3.05) is 12.1 Å². The first kappa shape index (κ1) is 17.3. The van der Waals surface area contributed by atoms with Crippen LogP contribution in [0.25, 0.3) is 16.6 Å². The molecule has 0 aliphatic carbocycles. The highest BCUT2D eigenvalue weighted by molar-refractivity contribution is 9.10. The minimum absolute atomic E-state index is 0.206. The number of ether oxygens (including phenoxy) is 2. The van der Waals surface area contributed by atoms with Gasteiger partial charge in [-0.05, 0) is 29.8 Å². The van der Waals surface area contributed by atoms with Gasteiger partial charge in [0.1, 0.15) is 0 Å². The minimum Gasteiger partial charge on any atom is -0.454 e. The second kappa shape index (κ2) is 6.24. The van der Waals surface area contributed by atoms with Crippen LogP contribution in [0, 0.1) is 0 Å². The molecule has 2 aliphatic rings. The third-order valence-electron chi connectivity index (χ3n) is 5.59. The first-order valence-corrected chi connectivity index (χ1v) is 10.2. The average molecular weight is 463 g/mol. The van der Waals surface area contributed by atoms with E-state index >= 15 is 0 Å². The zero-order chi connectivity index (χ0) is 20.4. The van der Waals surface area contributed by atoms with Crippen LogP contribution in [0.3, 0.4) is 0 Å². The molecule has 3 N–H and O–H groups in total. The Morgan fingerprint density at radius 3 is 2.80 bits per heavy atom. The number of fused-ring (bicyclic) bond motifs is 3. The molecule has 2 aromatic carbocycles. The molecule has 1 atom stereocenters. The second-order valence-electron chi connectivity index (χ2n) is 7.21. The number of anilines is 1. The Bertz CT molecular complexity index is 1360. The van der Waals surface area contributed by atoms with Crippen molar-refractivity contribution in [3.63, 3.8) is 0 Å². The average Bonchev–Trinajstić information content (AvgIpc) is 3.34. The Morgan fingerprint density at radius 2 is 1.97 bits per heavy atom. The number of para-hydroxylation sites is 1. The lowest BCUT2D eigenvalue weighted by atomic mass is 9.96. The van der Waals surface area contributed by atoms with Crippen molar-refractivity contribution in [1.82, 2.24) is 9.61 Å². The van der Waals surface area contributed by atoms with E-state index in [1.165, 1.54) is 6.20 Å². The van der Waals surface area contributed by atoms with Crippen LogP contribution in [-0.2, 0) is 0 Å². The molecule has 0 radical (unpaired) electrons. The van der Waals surface area contributed by atoms with Crippen LogP contribution in [0.5, 0.6) is 11.5 Å². The molecule has 30 heavy (non-hydrogen) atoms. The van der Waals surface area contributed by atoms with Gasteiger partial charge in [-0.2, -0.15) is 5.10 Å². The summed E-state index contributed by atoms with van der Waals surface area (Å²) in [6, 6.07) is 13.6. The number of nitrogens with zero attached hydrogens (tertiary/aromatic N) is 2. The number of amides is 1. The standard InChI is InChI=1S/C22H15BrN4O3/c23-15-8-18-17(29-10-30-18)7-13(15)20-12-5-6-27-21(12)19(14(9-25-27)22(24)28)11-3-1-2-4-16(11)26-20/h1-9,20,26H,10H2,(H2,24,28). The molecule has 2 aliphatic heterocycles. The van der Waals surface area contributed by atoms with Crippen molar-refractivity contribution in [2.45, 2.75) is 6.04 Å². The smallest absolute Gasteiger partial charge is 0.251 e. The molecule has 148 valence electrons. The number of rotatable bonds is 2. The van der Waals surface area contributed by atoms with E-state index in [2.05, 4.69) is 26.3 Å². The molecule has 1 unspecified atom stereocenters. The van der Waals surface area contributed by atoms with Gasteiger partial charge in [0.25, 0.3) is 5.91 Å². The quantitative estimate of drug-likeness (QED) is 0.467. The lowest BCUT2D eigenvalue weighted by Gasteiger charge is -2.21. The van der Waals surface area contributed by atoms with Gasteiger partial charge in [-0.25, -0.2) is 4.52 Å². The summed E-state index contributed by atoms with van der Waals surface area (Å²) >= 11 is 3.69. The van der Waals surface area contributed by atoms with Gasteiger partial charge < -0.3 is 20.5 Å². The lowest BCUT2D eigenvalue weighted by molar-refractivity contribution is 0.100. The third kappa shape index (κ3) is 2.37. The number of benzene rings is 2. The van der Waals surface area contributed by atoms with Crippen LogP contribution in [-0.4, -0.2) is 22.3 Å². The molecule has 4 heterocycles. The molecule has 7 nitrogen and oxygen atoms in total. The molecule has 0 spiro atoms. The largest absolute Gasteiger partial charge is 0.454 e. The number of hydrogen-bond acceptors (Lipinski definition) is 5. The molecular formula is C22H15BrN4O3. The van der Waals surface area contributed by atoms with Gasteiger partial charge in [-0.3, -0.25) is 4.79 Å². The van der Waals surface area contributed by atoms with E-state index in [1.807, 2.05) is 48.7 Å². The summed E-state index contributed by atoms with van der Waals surface area (Å²) in [4.78, 5) is 12.3. The number of primary amides is 1. The highest BCUT2D eigenvalue weighted by Crippen LogP contribution is 2.47. The van der Waals surface area contributed by atoms with Crippen molar-refractivity contribution in [1.29, 1.82) is 0 Å². The highest BCUT2D eigenvalue weighted by Gasteiger charge is 2.31. The molecule has 8 heteroatoms. The Kier molecular flexibility index (Phi) is 3.61. The van der Waals surface area contributed by atoms with Crippen molar-refractivity contribution >= 4 is 33.0 Å². The number of aromatic nitrogens is 2. The molecule has 1 amide bonds. The number of carbonyl (C=O) groups excluding carboxylic acids is 1. The predicted octanol–water partition coefficient (Wildman–Crippen LogP) is 4.11. The Morgan fingerprint density at radius 1 is 1.17 bits per heavy atom. The minimum atomic E-state index is -0.510. The van der Waals surface area contributed by atoms with Gasteiger partial charge in [0, 0.05) is 33.0 Å². The summed E-state index contributed by atoms with van der Waals surface area (Å²) < 4.78 is 13.8. The number of nitrogens with two attached hydrogens (primary N) is 1. The van der Waals surface area contributed by atoms with Crippen molar-refractivity contribution in [3.8, 4) is 22.6 Å². The zero-order valence-corrected chi connectivity index (χ0v) is 17.1. The number of hydrogen-bond donors (Lipinski definition) is 2. The Hall–Kier alpha value is -3.52. The van der Waals surface area contributed by atoms with Gasteiger partial charge in [-0.1, -0.05) is 34.1 Å². The first-order valence-electron chi connectivity index (χ1n) is 9.37. The monoisotopic (exact) mass is 462 g/mol. The number of halogens is 1. The molecular weight excluding hydrogens is 448 g/mol. The van der Waals surface area contributed by atoms with Gasteiger partial charge in [0.05, 0.1) is 23.3 Å². The van der Waals surface area contributed by atoms with Crippen molar-refractivity contribution < 1.29 is 14.3 Å². The number of carbonyl (C=O) groups is 1. The normalized spacial score (nSPS) is 16.1. The van der Waals surface area contributed by atoms with Crippen LogP contribution in [0.2, 0.25) is 0 Å². The van der Waals surface area contributed by atoms with Crippen LogP contribution in [0.1, 0.15) is 27.5 Å². The molecule has 6 rings (SSSR count).